The zero-order valence-corrected chi connectivity index (χ0v) is 10.1. The Balaban J connectivity index is 1.86. The van der Waals surface area contributed by atoms with Crippen molar-refractivity contribution >= 4 is 10.8 Å². The predicted molar refractivity (Wildman–Crippen MR) is 69.3 cm³/mol. The molecule has 90 valence electrons. The molecule has 0 saturated carbocycles. The van der Waals surface area contributed by atoms with Crippen LogP contribution in [0.15, 0.2) is 48.7 Å². The van der Waals surface area contributed by atoms with Crippen LogP contribution >= 0.6 is 0 Å². The largest absolute Gasteiger partial charge is 0.487 e. The van der Waals surface area contributed by atoms with Crippen LogP contribution in [-0.4, -0.2) is 15.0 Å². The smallest absolute Gasteiger partial charge is 0.134 e. The Morgan fingerprint density at radius 3 is 2.78 bits per heavy atom. The van der Waals surface area contributed by atoms with Gasteiger partial charge in [-0.2, -0.15) is 0 Å². The van der Waals surface area contributed by atoms with E-state index in [1.807, 2.05) is 37.5 Å². The predicted octanol–water partition coefficient (Wildman–Crippen LogP) is 2.55. The molecule has 2 aromatic carbocycles. The fraction of sp³-hybridized carbons (Fsp3) is 0.143. The Hall–Kier alpha value is -2.36. The number of aryl methyl sites for hydroxylation is 1. The minimum absolute atomic E-state index is 0.432. The lowest BCUT2D eigenvalue weighted by molar-refractivity contribution is 0.305. The van der Waals surface area contributed by atoms with Gasteiger partial charge in [0.05, 0.1) is 6.20 Å². The molecule has 18 heavy (non-hydrogen) atoms. The standard InChI is InChI=1S/C14H13N3O/c1-17-9-12(15-16-17)10-18-14-8-4-6-11-5-2-3-7-13(11)14/h2-9H,10H2,1H3. The zero-order chi connectivity index (χ0) is 12.4. The van der Waals surface area contributed by atoms with E-state index in [4.69, 9.17) is 4.74 Å². The van der Waals surface area contributed by atoms with Crippen molar-refractivity contribution in [1.29, 1.82) is 0 Å². The molecule has 0 radical (unpaired) electrons. The Labute approximate surface area is 105 Å². The lowest BCUT2D eigenvalue weighted by Gasteiger charge is -2.07. The highest BCUT2D eigenvalue weighted by atomic mass is 16.5. The average molecular weight is 239 g/mol. The molecule has 3 rings (SSSR count). The minimum atomic E-state index is 0.432. The van der Waals surface area contributed by atoms with Crippen LogP contribution in [-0.2, 0) is 13.7 Å². The molecule has 0 N–H and O–H groups in total. The van der Waals surface area contributed by atoms with Gasteiger partial charge in [-0.15, -0.1) is 5.10 Å². The molecule has 0 amide bonds. The molecule has 0 aliphatic rings. The van der Waals surface area contributed by atoms with Gasteiger partial charge < -0.3 is 4.74 Å². The fourth-order valence-corrected chi connectivity index (χ4v) is 1.93. The summed E-state index contributed by atoms with van der Waals surface area (Å²) in [5.41, 5.74) is 0.824. The first kappa shape index (κ1) is 10.8. The number of fused-ring (bicyclic) bond motifs is 1. The Bertz CT molecular complexity index is 670. The second-order valence-electron chi connectivity index (χ2n) is 4.15. The van der Waals surface area contributed by atoms with Gasteiger partial charge in [0, 0.05) is 12.4 Å². The summed E-state index contributed by atoms with van der Waals surface area (Å²) in [4.78, 5) is 0. The summed E-state index contributed by atoms with van der Waals surface area (Å²) >= 11 is 0. The zero-order valence-electron chi connectivity index (χ0n) is 10.1. The summed E-state index contributed by atoms with van der Waals surface area (Å²) in [5.74, 6) is 0.874. The third-order valence-corrected chi connectivity index (χ3v) is 2.78. The van der Waals surface area contributed by atoms with Crippen LogP contribution in [0.3, 0.4) is 0 Å². The maximum Gasteiger partial charge on any atom is 0.134 e. The summed E-state index contributed by atoms with van der Waals surface area (Å²) in [6.07, 6.45) is 1.85. The van der Waals surface area contributed by atoms with Crippen LogP contribution < -0.4 is 4.74 Å². The van der Waals surface area contributed by atoms with Gasteiger partial charge in [0.25, 0.3) is 0 Å². The highest BCUT2D eigenvalue weighted by Gasteiger charge is 2.03. The van der Waals surface area contributed by atoms with E-state index >= 15 is 0 Å². The molecular formula is C14H13N3O. The third-order valence-electron chi connectivity index (χ3n) is 2.78. The van der Waals surface area contributed by atoms with Crippen LogP contribution in [0.2, 0.25) is 0 Å². The van der Waals surface area contributed by atoms with E-state index in [2.05, 4.69) is 28.5 Å². The molecule has 1 heterocycles. The first-order valence-electron chi connectivity index (χ1n) is 5.79. The van der Waals surface area contributed by atoms with E-state index in [0.717, 1.165) is 16.8 Å². The van der Waals surface area contributed by atoms with E-state index in [9.17, 15) is 0 Å². The van der Waals surface area contributed by atoms with Crippen LogP contribution in [0.4, 0.5) is 0 Å². The van der Waals surface area contributed by atoms with Crippen molar-refractivity contribution < 1.29 is 4.74 Å². The van der Waals surface area contributed by atoms with Crippen molar-refractivity contribution in [2.45, 2.75) is 6.61 Å². The van der Waals surface area contributed by atoms with Gasteiger partial charge in [-0.05, 0) is 11.5 Å². The lowest BCUT2D eigenvalue weighted by atomic mass is 10.1. The average Bonchev–Trinajstić information content (AvgIpc) is 2.82. The van der Waals surface area contributed by atoms with Crippen molar-refractivity contribution in [3.05, 3.63) is 54.4 Å². The van der Waals surface area contributed by atoms with Gasteiger partial charge in [-0.1, -0.05) is 41.6 Å². The normalized spacial score (nSPS) is 10.7. The van der Waals surface area contributed by atoms with Gasteiger partial charge >= 0.3 is 0 Å². The van der Waals surface area contributed by atoms with Gasteiger partial charge in [0.15, 0.2) is 0 Å². The highest BCUT2D eigenvalue weighted by molar-refractivity contribution is 5.88. The molecule has 1 aromatic heterocycles. The monoisotopic (exact) mass is 239 g/mol. The van der Waals surface area contributed by atoms with Gasteiger partial charge in [-0.25, -0.2) is 0 Å². The molecule has 0 unspecified atom stereocenters. The topological polar surface area (TPSA) is 39.9 Å². The Kier molecular flexibility index (Phi) is 2.68. The third kappa shape index (κ3) is 2.05. The van der Waals surface area contributed by atoms with Crippen molar-refractivity contribution in [2.24, 2.45) is 7.05 Å². The first-order chi connectivity index (χ1) is 8.83. The van der Waals surface area contributed by atoms with Crippen LogP contribution in [0.5, 0.6) is 5.75 Å². The molecule has 4 heteroatoms. The molecule has 3 aromatic rings. The number of ether oxygens (including phenoxy) is 1. The van der Waals surface area contributed by atoms with Crippen LogP contribution in [0.1, 0.15) is 5.69 Å². The SMILES string of the molecule is Cn1cc(COc2cccc3ccccc23)nn1. The molecule has 0 spiro atoms. The van der Waals surface area contributed by atoms with Gasteiger partial charge in [0.2, 0.25) is 0 Å². The maximum absolute atomic E-state index is 5.80. The number of benzene rings is 2. The van der Waals surface area contributed by atoms with Gasteiger partial charge in [-0.3, -0.25) is 4.68 Å². The first-order valence-corrected chi connectivity index (χ1v) is 5.79. The number of hydrogen-bond donors (Lipinski definition) is 0. The van der Waals surface area contributed by atoms with E-state index in [1.165, 1.54) is 5.39 Å². The summed E-state index contributed by atoms with van der Waals surface area (Å²) in [5, 5.41) is 10.2. The second kappa shape index (κ2) is 4.49. The molecule has 0 aliphatic heterocycles. The van der Waals surface area contributed by atoms with E-state index in [-0.39, 0.29) is 0 Å². The lowest BCUT2D eigenvalue weighted by Crippen LogP contribution is -1.96. The molecule has 4 nitrogen and oxygen atoms in total. The number of rotatable bonds is 3. The van der Waals surface area contributed by atoms with Crippen LogP contribution in [0, 0.1) is 0 Å². The summed E-state index contributed by atoms with van der Waals surface area (Å²) in [6, 6.07) is 14.2. The second-order valence-corrected chi connectivity index (χ2v) is 4.15. The van der Waals surface area contributed by atoms with Gasteiger partial charge in [0.1, 0.15) is 18.1 Å². The fourth-order valence-electron chi connectivity index (χ4n) is 1.93. The van der Waals surface area contributed by atoms with E-state index in [1.54, 1.807) is 4.68 Å². The van der Waals surface area contributed by atoms with Crippen LogP contribution in [0.25, 0.3) is 10.8 Å². The summed E-state index contributed by atoms with van der Waals surface area (Å²) in [6.45, 7) is 0.432. The molecule has 0 saturated heterocycles. The minimum Gasteiger partial charge on any atom is -0.487 e. The molecule has 0 atom stereocenters. The van der Waals surface area contributed by atoms with Crippen molar-refractivity contribution in [3.63, 3.8) is 0 Å². The van der Waals surface area contributed by atoms with Crippen molar-refractivity contribution in [2.75, 3.05) is 0 Å². The Morgan fingerprint density at radius 1 is 1.11 bits per heavy atom. The van der Waals surface area contributed by atoms with Crippen molar-refractivity contribution in [3.8, 4) is 5.75 Å². The number of aromatic nitrogens is 3. The number of hydrogen-bond acceptors (Lipinski definition) is 3. The van der Waals surface area contributed by atoms with E-state index in [0.29, 0.717) is 6.61 Å². The molecule has 0 fully saturated rings. The van der Waals surface area contributed by atoms with Crippen molar-refractivity contribution in [1.82, 2.24) is 15.0 Å². The molecular weight excluding hydrogens is 226 g/mol. The maximum atomic E-state index is 5.80. The Morgan fingerprint density at radius 2 is 1.94 bits per heavy atom. The summed E-state index contributed by atoms with van der Waals surface area (Å²) in [7, 11) is 1.84. The summed E-state index contributed by atoms with van der Waals surface area (Å²) < 4.78 is 7.47. The molecule has 0 aliphatic carbocycles. The molecule has 0 bridgehead atoms. The highest BCUT2D eigenvalue weighted by Crippen LogP contribution is 2.25. The number of nitrogens with zero attached hydrogens (tertiary/aromatic N) is 3. The quantitative estimate of drug-likeness (QED) is 0.705. The van der Waals surface area contributed by atoms with E-state index < -0.39 is 0 Å².